The Morgan fingerprint density at radius 2 is 1.93 bits per heavy atom. The summed E-state index contributed by atoms with van der Waals surface area (Å²) < 4.78 is 59.0. The fraction of sp³-hybridized carbons (Fsp3) is 0.238. The Balaban J connectivity index is 1.82. The third-order valence-corrected chi connectivity index (χ3v) is 4.70. The summed E-state index contributed by atoms with van der Waals surface area (Å²) >= 11 is 0. The second-order valence-corrected chi connectivity index (χ2v) is 6.69. The maximum absolute atomic E-state index is 13.9. The lowest BCUT2D eigenvalue weighted by atomic mass is 10.1. The zero-order chi connectivity index (χ0) is 22.1. The molecule has 0 saturated heterocycles. The van der Waals surface area contributed by atoms with E-state index in [1.54, 1.807) is 19.9 Å². The van der Waals surface area contributed by atoms with Gasteiger partial charge >= 0.3 is 6.18 Å². The summed E-state index contributed by atoms with van der Waals surface area (Å²) in [7, 11) is 1.36. The van der Waals surface area contributed by atoms with Gasteiger partial charge in [0, 0.05) is 0 Å². The van der Waals surface area contributed by atoms with Crippen LogP contribution in [0.2, 0.25) is 0 Å². The lowest BCUT2D eigenvalue weighted by Gasteiger charge is -2.15. The predicted molar refractivity (Wildman–Crippen MR) is 102 cm³/mol. The minimum atomic E-state index is -4.49. The van der Waals surface area contributed by atoms with E-state index in [0.29, 0.717) is 11.3 Å². The van der Waals surface area contributed by atoms with Crippen LogP contribution >= 0.6 is 0 Å². The number of hydrogen-bond donors (Lipinski definition) is 1. The molecule has 1 unspecified atom stereocenters. The summed E-state index contributed by atoms with van der Waals surface area (Å²) in [6.45, 7) is 3.27. The molecule has 1 amide bonds. The first-order valence-electron chi connectivity index (χ1n) is 8.98. The smallest absolute Gasteiger partial charge is 0.416 e. The monoisotopic (exact) mass is 421 g/mol. The first-order chi connectivity index (χ1) is 14.1. The zero-order valence-corrected chi connectivity index (χ0v) is 16.4. The molecule has 1 aromatic heterocycles. The number of methoxy groups -OCH3 is 1. The Bertz CT molecular complexity index is 1080. The van der Waals surface area contributed by atoms with Crippen molar-refractivity contribution < 1.29 is 27.1 Å². The molecule has 2 aromatic carbocycles. The second kappa shape index (κ2) is 8.17. The van der Waals surface area contributed by atoms with Gasteiger partial charge in [0.1, 0.15) is 0 Å². The summed E-state index contributed by atoms with van der Waals surface area (Å²) in [5.41, 5.74) is 0.487. The van der Waals surface area contributed by atoms with Crippen molar-refractivity contribution >= 4 is 5.91 Å². The molecule has 30 heavy (non-hydrogen) atoms. The molecule has 5 nitrogen and oxygen atoms in total. The Kier molecular flexibility index (Phi) is 5.82. The van der Waals surface area contributed by atoms with Crippen LogP contribution in [0.15, 0.2) is 48.7 Å². The Morgan fingerprint density at radius 1 is 1.20 bits per heavy atom. The average Bonchev–Trinajstić information content (AvgIpc) is 3.08. The first-order valence-corrected chi connectivity index (χ1v) is 8.98. The molecular formula is C21H19F4N3O2. The summed E-state index contributed by atoms with van der Waals surface area (Å²) in [6.07, 6.45) is -3.20. The highest BCUT2D eigenvalue weighted by atomic mass is 19.4. The third-order valence-electron chi connectivity index (χ3n) is 4.70. The summed E-state index contributed by atoms with van der Waals surface area (Å²) in [5, 5.41) is 6.80. The molecule has 1 N–H and O–H groups in total. The van der Waals surface area contributed by atoms with Gasteiger partial charge in [0.25, 0.3) is 5.91 Å². The molecule has 0 aliphatic carbocycles. The number of aromatic nitrogens is 2. The van der Waals surface area contributed by atoms with Gasteiger partial charge in [0.15, 0.2) is 11.6 Å². The van der Waals surface area contributed by atoms with E-state index in [0.717, 1.165) is 12.1 Å². The van der Waals surface area contributed by atoms with Gasteiger partial charge < -0.3 is 10.1 Å². The number of amides is 1. The number of carbonyl (C=O) groups is 1. The van der Waals surface area contributed by atoms with E-state index in [4.69, 9.17) is 4.74 Å². The van der Waals surface area contributed by atoms with Crippen molar-refractivity contribution in [2.45, 2.75) is 26.1 Å². The fourth-order valence-corrected chi connectivity index (χ4v) is 3.02. The van der Waals surface area contributed by atoms with Crippen LogP contribution < -0.4 is 10.1 Å². The molecule has 0 aliphatic rings. The number of halogens is 4. The lowest BCUT2D eigenvalue weighted by molar-refractivity contribution is -0.137. The molecule has 3 rings (SSSR count). The fourth-order valence-electron chi connectivity index (χ4n) is 3.02. The third kappa shape index (κ3) is 4.29. The topological polar surface area (TPSA) is 56.1 Å². The van der Waals surface area contributed by atoms with E-state index in [1.807, 2.05) is 0 Å². The number of hydrogen-bond acceptors (Lipinski definition) is 3. The number of rotatable bonds is 5. The molecular weight excluding hydrogens is 402 g/mol. The van der Waals surface area contributed by atoms with Gasteiger partial charge in [-0.05, 0) is 49.7 Å². The quantitative estimate of drug-likeness (QED) is 0.600. The number of ether oxygens (including phenoxy) is 1. The molecule has 158 valence electrons. The SMILES string of the molecule is COc1ccc(C(C)NC(=O)c2cnn(-c3cccc(C(F)(F)F)c3)c2C)cc1F. The summed E-state index contributed by atoms with van der Waals surface area (Å²) in [4.78, 5) is 12.7. The Hall–Kier alpha value is -3.36. The van der Waals surface area contributed by atoms with E-state index in [2.05, 4.69) is 10.4 Å². The molecule has 0 fully saturated rings. The van der Waals surface area contributed by atoms with E-state index in [-0.39, 0.29) is 17.0 Å². The van der Waals surface area contributed by atoms with Crippen LogP contribution in [0.1, 0.15) is 40.1 Å². The minimum absolute atomic E-state index is 0.0930. The van der Waals surface area contributed by atoms with Gasteiger partial charge in [-0.2, -0.15) is 18.3 Å². The molecule has 3 aromatic rings. The van der Waals surface area contributed by atoms with Crippen molar-refractivity contribution in [3.63, 3.8) is 0 Å². The molecule has 0 bridgehead atoms. The highest BCUT2D eigenvalue weighted by Gasteiger charge is 2.30. The van der Waals surface area contributed by atoms with Crippen molar-refractivity contribution in [1.82, 2.24) is 15.1 Å². The maximum atomic E-state index is 13.9. The van der Waals surface area contributed by atoms with Crippen LogP contribution in [0.3, 0.4) is 0 Å². The van der Waals surface area contributed by atoms with Gasteiger partial charge in [0.2, 0.25) is 0 Å². The Morgan fingerprint density at radius 3 is 2.57 bits per heavy atom. The van der Waals surface area contributed by atoms with Crippen molar-refractivity contribution in [2.75, 3.05) is 7.11 Å². The molecule has 9 heteroatoms. The molecule has 0 radical (unpaired) electrons. The van der Waals surface area contributed by atoms with Crippen molar-refractivity contribution in [3.8, 4) is 11.4 Å². The standard InChI is InChI=1S/C21H19F4N3O2/c1-12(14-7-8-19(30-3)18(22)9-14)27-20(29)17-11-26-28(13(17)2)16-6-4-5-15(10-16)21(23,24)25/h4-12H,1-3H3,(H,27,29). The van der Waals surface area contributed by atoms with E-state index >= 15 is 0 Å². The summed E-state index contributed by atoms with van der Waals surface area (Å²) in [6, 6.07) is 8.52. The van der Waals surface area contributed by atoms with Gasteiger partial charge in [-0.3, -0.25) is 4.79 Å². The number of nitrogens with zero attached hydrogens (tertiary/aromatic N) is 2. The number of nitrogens with one attached hydrogen (secondary N) is 1. The second-order valence-electron chi connectivity index (χ2n) is 6.69. The van der Waals surface area contributed by atoms with Gasteiger partial charge in [-0.1, -0.05) is 12.1 Å². The number of benzene rings is 2. The zero-order valence-electron chi connectivity index (χ0n) is 16.4. The van der Waals surface area contributed by atoms with E-state index < -0.39 is 29.5 Å². The van der Waals surface area contributed by atoms with E-state index in [1.165, 1.54) is 42.3 Å². The minimum Gasteiger partial charge on any atom is -0.494 e. The van der Waals surface area contributed by atoms with Crippen LogP contribution in [0.5, 0.6) is 5.75 Å². The molecule has 0 saturated carbocycles. The average molecular weight is 421 g/mol. The number of alkyl halides is 3. The molecule has 0 aliphatic heterocycles. The normalized spacial score (nSPS) is 12.5. The highest BCUT2D eigenvalue weighted by Crippen LogP contribution is 2.30. The van der Waals surface area contributed by atoms with Gasteiger partial charge in [0.05, 0.1) is 41.9 Å². The van der Waals surface area contributed by atoms with Crippen molar-refractivity contribution in [2.24, 2.45) is 0 Å². The Labute approximate surface area is 170 Å². The highest BCUT2D eigenvalue weighted by molar-refractivity contribution is 5.95. The van der Waals surface area contributed by atoms with Gasteiger partial charge in [-0.25, -0.2) is 9.07 Å². The van der Waals surface area contributed by atoms with Crippen LogP contribution in [-0.4, -0.2) is 22.8 Å². The van der Waals surface area contributed by atoms with Crippen molar-refractivity contribution in [3.05, 3.63) is 76.9 Å². The molecule has 1 atom stereocenters. The number of carbonyl (C=O) groups excluding carboxylic acids is 1. The first kappa shape index (κ1) is 21.4. The maximum Gasteiger partial charge on any atom is 0.416 e. The van der Waals surface area contributed by atoms with Crippen molar-refractivity contribution in [1.29, 1.82) is 0 Å². The van der Waals surface area contributed by atoms with Crippen LogP contribution in [-0.2, 0) is 6.18 Å². The molecule has 0 spiro atoms. The van der Waals surface area contributed by atoms with Gasteiger partial charge in [-0.15, -0.1) is 0 Å². The largest absolute Gasteiger partial charge is 0.494 e. The summed E-state index contributed by atoms with van der Waals surface area (Å²) in [5.74, 6) is -0.936. The van der Waals surface area contributed by atoms with Crippen LogP contribution in [0, 0.1) is 12.7 Å². The van der Waals surface area contributed by atoms with Crippen LogP contribution in [0.25, 0.3) is 5.69 Å². The van der Waals surface area contributed by atoms with E-state index in [9.17, 15) is 22.4 Å². The van der Waals surface area contributed by atoms with Crippen LogP contribution in [0.4, 0.5) is 17.6 Å². The lowest BCUT2D eigenvalue weighted by Crippen LogP contribution is -2.27. The predicted octanol–water partition coefficient (Wildman–Crippen LogP) is 4.84. The molecule has 1 heterocycles.